The number of anilines is 1. The first-order valence-corrected chi connectivity index (χ1v) is 6.92. The van der Waals surface area contributed by atoms with Gasteiger partial charge in [0.1, 0.15) is 5.82 Å². The van der Waals surface area contributed by atoms with Gasteiger partial charge in [0.2, 0.25) is 0 Å². The van der Waals surface area contributed by atoms with Crippen molar-refractivity contribution >= 4 is 34.2 Å². The maximum Gasteiger partial charge on any atom is 0.339 e. The number of hydrogen-bond acceptors (Lipinski definition) is 3. The number of aromatic nitrogens is 1. The molecule has 1 heterocycles. The summed E-state index contributed by atoms with van der Waals surface area (Å²) in [6.45, 7) is 1.50. The molecule has 0 aliphatic rings. The number of pyridine rings is 1. The first-order valence-electron chi connectivity index (χ1n) is 5.84. The maximum atomic E-state index is 12.2. The molecule has 0 aliphatic carbocycles. The van der Waals surface area contributed by atoms with Crippen LogP contribution in [-0.2, 0) is 7.05 Å². The Balaban J connectivity index is 0.000000235. The fourth-order valence-corrected chi connectivity index (χ4v) is 2.04. The SMILES string of the molecule is Cc1c(N)c(C(=O)O)cn(C)c1=O.Fc1cccc(I)c1. The highest BCUT2D eigenvalue weighted by Gasteiger charge is 2.13. The zero-order chi connectivity index (χ0) is 16.2. The van der Waals surface area contributed by atoms with Crippen LogP contribution in [0.25, 0.3) is 0 Å². The van der Waals surface area contributed by atoms with Gasteiger partial charge < -0.3 is 15.4 Å². The first kappa shape index (κ1) is 17.2. The van der Waals surface area contributed by atoms with Gasteiger partial charge >= 0.3 is 5.97 Å². The number of halogens is 2. The highest BCUT2D eigenvalue weighted by atomic mass is 127. The van der Waals surface area contributed by atoms with Crippen LogP contribution in [0.1, 0.15) is 15.9 Å². The molecule has 0 aliphatic heterocycles. The molecule has 0 saturated heterocycles. The van der Waals surface area contributed by atoms with E-state index in [0.29, 0.717) is 0 Å². The summed E-state index contributed by atoms with van der Waals surface area (Å²) in [5.41, 5.74) is 5.45. The largest absolute Gasteiger partial charge is 0.478 e. The number of benzene rings is 1. The Bertz CT molecular complexity index is 711. The summed E-state index contributed by atoms with van der Waals surface area (Å²) < 4.78 is 14.3. The number of hydrogen-bond donors (Lipinski definition) is 2. The van der Waals surface area contributed by atoms with E-state index < -0.39 is 5.97 Å². The van der Waals surface area contributed by atoms with Crippen molar-refractivity contribution in [3.8, 4) is 0 Å². The van der Waals surface area contributed by atoms with E-state index in [2.05, 4.69) is 22.6 Å². The minimum absolute atomic E-state index is 0.0376. The van der Waals surface area contributed by atoms with Crippen LogP contribution in [0, 0.1) is 16.3 Å². The molecular formula is C14H14FIN2O3. The molecule has 0 atom stereocenters. The van der Waals surface area contributed by atoms with Gasteiger partial charge in [-0.2, -0.15) is 0 Å². The van der Waals surface area contributed by atoms with Gasteiger partial charge in [-0.15, -0.1) is 0 Å². The van der Waals surface area contributed by atoms with Crippen LogP contribution >= 0.6 is 22.6 Å². The summed E-state index contributed by atoms with van der Waals surface area (Å²) in [5.74, 6) is -1.30. The third-order valence-electron chi connectivity index (χ3n) is 2.68. The minimum Gasteiger partial charge on any atom is -0.478 e. The molecule has 2 rings (SSSR count). The summed E-state index contributed by atoms with van der Waals surface area (Å²) in [7, 11) is 1.49. The van der Waals surface area contributed by atoms with Gasteiger partial charge in [0.05, 0.1) is 11.3 Å². The fourth-order valence-electron chi connectivity index (χ4n) is 1.53. The lowest BCUT2D eigenvalue weighted by atomic mass is 10.1. The standard InChI is InChI=1S/C8H10N2O3.C6H4FI/c1-4-6(9)5(8(12)13)3-10(2)7(4)11;7-5-2-1-3-6(8)4-5/h3H,9H2,1-2H3,(H,12,13);1-4H. The number of carboxylic acids is 1. The van der Waals surface area contributed by atoms with Gasteiger partial charge in [0.15, 0.2) is 0 Å². The first-order chi connectivity index (χ1) is 9.73. The van der Waals surface area contributed by atoms with Crippen LogP contribution in [0.5, 0.6) is 0 Å². The Morgan fingerprint density at radius 1 is 1.43 bits per heavy atom. The van der Waals surface area contributed by atoms with Crippen LogP contribution in [0.2, 0.25) is 0 Å². The molecule has 112 valence electrons. The molecule has 5 nitrogen and oxygen atoms in total. The highest BCUT2D eigenvalue weighted by molar-refractivity contribution is 14.1. The summed E-state index contributed by atoms with van der Waals surface area (Å²) in [6, 6.07) is 6.46. The van der Waals surface area contributed by atoms with Crippen LogP contribution in [0.3, 0.4) is 0 Å². The third-order valence-corrected chi connectivity index (χ3v) is 3.35. The number of aryl methyl sites for hydroxylation is 1. The zero-order valence-electron chi connectivity index (χ0n) is 11.4. The Kier molecular flexibility index (Phi) is 5.89. The van der Waals surface area contributed by atoms with Crippen molar-refractivity contribution in [1.29, 1.82) is 0 Å². The van der Waals surface area contributed by atoms with Crippen molar-refractivity contribution in [3.63, 3.8) is 0 Å². The molecular weight excluding hydrogens is 390 g/mol. The number of aromatic carboxylic acids is 1. The van der Waals surface area contributed by atoms with E-state index in [4.69, 9.17) is 10.8 Å². The number of carbonyl (C=O) groups is 1. The molecule has 0 fully saturated rings. The summed E-state index contributed by atoms with van der Waals surface area (Å²) >= 11 is 2.07. The highest BCUT2D eigenvalue weighted by Crippen LogP contribution is 2.12. The van der Waals surface area contributed by atoms with Gasteiger partial charge in [-0.1, -0.05) is 6.07 Å². The maximum absolute atomic E-state index is 12.2. The smallest absolute Gasteiger partial charge is 0.339 e. The minimum atomic E-state index is -1.13. The molecule has 0 saturated carbocycles. The van der Waals surface area contributed by atoms with Gasteiger partial charge in [0.25, 0.3) is 5.56 Å². The summed E-state index contributed by atoms with van der Waals surface area (Å²) in [4.78, 5) is 21.9. The van der Waals surface area contributed by atoms with Crippen molar-refractivity contribution in [1.82, 2.24) is 4.57 Å². The van der Waals surface area contributed by atoms with Crippen molar-refractivity contribution < 1.29 is 14.3 Å². The third kappa shape index (κ3) is 4.55. The molecule has 0 amide bonds. The van der Waals surface area contributed by atoms with E-state index in [1.165, 1.54) is 36.9 Å². The van der Waals surface area contributed by atoms with Crippen molar-refractivity contribution in [2.24, 2.45) is 7.05 Å². The molecule has 1 aromatic carbocycles. The average Bonchev–Trinajstić information content (AvgIpc) is 2.40. The number of nitrogens with two attached hydrogens (primary N) is 1. The van der Waals surface area contributed by atoms with Crippen LogP contribution in [0.15, 0.2) is 35.3 Å². The molecule has 3 N–H and O–H groups in total. The van der Waals surface area contributed by atoms with Gasteiger partial charge in [0, 0.05) is 22.4 Å². The van der Waals surface area contributed by atoms with Gasteiger partial charge in [-0.05, 0) is 47.7 Å². The fraction of sp³-hybridized carbons (Fsp3) is 0.143. The molecule has 0 spiro atoms. The normalized spacial score (nSPS) is 9.71. The van der Waals surface area contributed by atoms with Crippen molar-refractivity contribution in [2.75, 3.05) is 5.73 Å². The molecule has 0 bridgehead atoms. The van der Waals surface area contributed by atoms with Crippen LogP contribution in [-0.4, -0.2) is 15.6 Å². The predicted octanol–water partition coefficient (Wildman–Crippen LogP) is 2.40. The lowest BCUT2D eigenvalue weighted by molar-refractivity contribution is 0.0697. The second kappa shape index (κ2) is 7.21. The summed E-state index contributed by atoms with van der Waals surface area (Å²) in [6.07, 6.45) is 1.22. The monoisotopic (exact) mass is 404 g/mol. The quantitative estimate of drug-likeness (QED) is 0.715. The van der Waals surface area contributed by atoms with E-state index in [1.54, 1.807) is 6.07 Å². The number of nitrogen functional groups attached to an aromatic ring is 1. The molecule has 7 heteroatoms. The molecule has 1 aromatic heterocycles. The molecule has 21 heavy (non-hydrogen) atoms. The Hall–Kier alpha value is -1.90. The topological polar surface area (TPSA) is 85.3 Å². The number of nitrogens with zero attached hydrogens (tertiary/aromatic N) is 1. The number of carboxylic acid groups (broad SMARTS) is 1. The second-order valence-electron chi connectivity index (χ2n) is 4.24. The second-order valence-corrected chi connectivity index (χ2v) is 5.49. The van der Waals surface area contributed by atoms with Crippen LogP contribution in [0.4, 0.5) is 10.1 Å². The molecule has 0 radical (unpaired) electrons. The predicted molar refractivity (Wildman–Crippen MR) is 86.9 cm³/mol. The van der Waals surface area contributed by atoms with E-state index in [0.717, 1.165) is 3.57 Å². The van der Waals surface area contributed by atoms with E-state index >= 15 is 0 Å². The zero-order valence-corrected chi connectivity index (χ0v) is 13.6. The van der Waals surface area contributed by atoms with Gasteiger partial charge in [-0.3, -0.25) is 4.79 Å². The van der Waals surface area contributed by atoms with E-state index in [1.807, 2.05) is 6.07 Å². The Morgan fingerprint density at radius 3 is 2.48 bits per heavy atom. The average molecular weight is 404 g/mol. The molecule has 2 aromatic rings. The van der Waals surface area contributed by atoms with Crippen molar-refractivity contribution in [2.45, 2.75) is 6.92 Å². The molecule has 0 unspecified atom stereocenters. The summed E-state index contributed by atoms with van der Waals surface area (Å²) in [5, 5.41) is 8.71. The lowest BCUT2D eigenvalue weighted by Crippen LogP contribution is -2.23. The Labute approximate surface area is 134 Å². The van der Waals surface area contributed by atoms with E-state index in [9.17, 15) is 14.0 Å². The van der Waals surface area contributed by atoms with Crippen LogP contribution < -0.4 is 11.3 Å². The van der Waals surface area contributed by atoms with Gasteiger partial charge in [-0.25, -0.2) is 9.18 Å². The van der Waals surface area contributed by atoms with Crippen molar-refractivity contribution in [3.05, 3.63) is 61.3 Å². The lowest BCUT2D eigenvalue weighted by Gasteiger charge is -2.06. The Morgan fingerprint density at radius 2 is 2.05 bits per heavy atom. The number of rotatable bonds is 1. The van der Waals surface area contributed by atoms with E-state index in [-0.39, 0.29) is 28.2 Å².